The molecule has 0 aliphatic heterocycles. The van der Waals surface area contributed by atoms with Crippen molar-refractivity contribution in [3.8, 4) is 0 Å². The second-order valence-electron chi connectivity index (χ2n) is 3.96. The number of carbonyl (C=O) groups excluding carboxylic acids is 1. The maximum absolute atomic E-state index is 11.1. The molecule has 1 unspecified atom stereocenters. The Bertz CT molecular complexity index is 527. The van der Waals surface area contributed by atoms with Crippen LogP contribution in [0.3, 0.4) is 0 Å². The van der Waals surface area contributed by atoms with E-state index >= 15 is 0 Å². The van der Waals surface area contributed by atoms with Gasteiger partial charge in [-0.2, -0.15) is 0 Å². The van der Waals surface area contributed by atoms with Gasteiger partial charge in [0.1, 0.15) is 6.61 Å². The van der Waals surface area contributed by atoms with Gasteiger partial charge < -0.3 is 15.8 Å². The number of primary sulfonamides is 1. The molecule has 0 aliphatic rings. The highest BCUT2D eigenvalue weighted by atomic mass is 32.2. The molecule has 0 fully saturated rings. The SMILES string of the molecule is CC(NCCOC(N)=O)c1ccc(S(N)(=O)=O)cc1. The summed E-state index contributed by atoms with van der Waals surface area (Å²) in [5.74, 6) is 0. The van der Waals surface area contributed by atoms with Gasteiger partial charge in [0.15, 0.2) is 0 Å². The molecule has 0 spiro atoms. The molecule has 0 aliphatic carbocycles. The third-order valence-corrected chi connectivity index (χ3v) is 3.43. The average Bonchev–Trinajstić information content (AvgIpc) is 2.33. The van der Waals surface area contributed by atoms with Crippen molar-refractivity contribution in [2.24, 2.45) is 10.9 Å². The van der Waals surface area contributed by atoms with Crippen molar-refractivity contribution in [1.82, 2.24) is 5.32 Å². The summed E-state index contributed by atoms with van der Waals surface area (Å²) >= 11 is 0. The predicted molar refractivity (Wildman–Crippen MR) is 69.8 cm³/mol. The molecular weight excluding hydrogens is 270 g/mol. The molecule has 1 rings (SSSR count). The fraction of sp³-hybridized carbons (Fsp3) is 0.364. The molecule has 8 heteroatoms. The fourth-order valence-corrected chi connectivity index (χ4v) is 2.01. The second-order valence-corrected chi connectivity index (χ2v) is 5.52. The summed E-state index contributed by atoms with van der Waals surface area (Å²) < 4.78 is 26.8. The third kappa shape index (κ3) is 5.25. The molecule has 0 saturated heterocycles. The summed E-state index contributed by atoms with van der Waals surface area (Å²) in [5.41, 5.74) is 5.72. The van der Waals surface area contributed by atoms with Gasteiger partial charge in [0.2, 0.25) is 10.0 Å². The lowest BCUT2D eigenvalue weighted by atomic mass is 10.1. The molecule has 0 bridgehead atoms. The number of primary amides is 1. The lowest BCUT2D eigenvalue weighted by Crippen LogP contribution is -2.26. The quantitative estimate of drug-likeness (QED) is 0.639. The minimum Gasteiger partial charge on any atom is -0.448 e. The van der Waals surface area contributed by atoms with Crippen molar-refractivity contribution in [3.05, 3.63) is 29.8 Å². The Morgan fingerprint density at radius 3 is 2.42 bits per heavy atom. The molecule has 1 atom stereocenters. The zero-order chi connectivity index (χ0) is 14.5. The first-order chi connectivity index (χ1) is 8.80. The van der Waals surface area contributed by atoms with E-state index in [1.165, 1.54) is 12.1 Å². The summed E-state index contributed by atoms with van der Waals surface area (Å²) in [6.45, 7) is 2.52. The van der Waals surface area contributed by atoms with E-state index in [-0.39, 0.29) is 17.5 Å². The van der Waals surface area contributed by atoms with Crippen LogP contribution in [0.2, 0.25) is 0 Å². The van der Waals surface area contributed by atoms with Crippen molar-refractivity contribution in [2.75, 3.05) is 13.2 Å². The molecule has 1 aromatic carbocycles. The molecule has 0 aromatic heterocycles. The second kappa shape index (κ2) is 6.50. The summed E-state index contributed by atoms with van der Waals surface area (Å²) in [4.78, 5) is 10.4. The lowest BCUT2D eigenvalue weighted by Gasteiger charge is -2.14. The van der Waals surface area contributed by atoms with E-state index in [4.69, 9.17) is 10.9 Å². The Hall–Kier alpha value is -1.64. The van der Waals surface area contributed by atoms with Gasteiger partial charge in [0, 0.05) is 12.6 Å². The van der Waals surface area contributed by atoms with Crippen LogP contribution in [0.1, 0.15) is 18.5 Å². The lowest BCUT2D eigenvalue weighted by molar-refractivity contribution is 0.156. The van der Waals surface area contributed by atoms with Crippen molar-refractivity contribution in [1.29, 1.82) is 0 Å². The van der Waals surface area contributed by atoms with Crippen LogP contribution >= 0.6 is 0 Å². The first kappa shape index (κ1) is 15.4. The minimum absolute atomic E-state index is 0.0222. The molecule has 1 amide bonds. The smallest absolute Gasteiger partial charge is 0.404 e. The summed E-state index contributed by atoms with van der Waals surface area (Å²) in [5, 5.41) is 8.10. The van der Waals surface area contributed by atoms with Gasteiger partial charge in [-0.25, -0.2) is 18.4 Å². The van der Waals surface area contributed by atoms with Crippen molar-refractivity contribution in [2.45, 2.75) is 17.9 Å². The van der Waals surface area contributed by atoms with Crippen molar-refractivity contribution >= 4 is 16.1 Å². The Balaban J connectivity index is 2.54. The highest BCUT2D eigenvalue weighted by molar-refractivity contribution is 7.89. The predicted octanol–water partition coefficient (Wildman–Crippen LogP) is 0.0799. The fourth-order valence-electron chi connectivity index (χ4n) is 1.49. The van der Waals surface area contributed by atoms with E-state index in [1.807, 2.05) is 6.92 Å². The number of hydrogen-bond acceptors (Lipinski definition) is 5. The normalized spacial score (nSPS) is 12.9. The van der Waals surface area contributed by atoms with Crippen molar-refractivity contribution in [3.63, 3.8) is 0 Å². The number of nitrogens with one attached hydrogen (secondary N) is 1. The number of benzene rings is 1. The van der Waals surface area contributed by atoms with Gasteiger partial charge in [-0.3, -0.25) is 0 Å². The number of nitrogens with two attached hydrogens (primary N) is 2. The maximum atomic E-state index is 11.1. The molecule has 5 N–H and O–H groups in total. The summed E-state index contributed by atoms with van der Waals surface area (Å²) in [6, 6.07) is 6.22. The molecule has 106 valence electrons. The van der Waals surface area contributed by atoms with Crippen LogP contribution in [-0.2, 0) is 14.8 Å². The number of amides is 1. The summed E-state index contributed by atoms with van der Waals surface area (Å²) in [6.07, 6.45) is -0.813. The first-order valence-electron chi connectivity index (χ1n) is 5.59. The van der Waals surface area contributed by atoms with Crippen LogP contribution in [0, 0.1) is 0 Å². The average molecular weight is 287 g/mol. The standard InChI is InChI=1S/C11H17N3O4S/c1-8(14-6-7-18-11(12)15)9-2-4-10(5-3-9)19(13,16)17/h2-5,8,14H,6-7H2,1H3,(H2,12,15)(H2,13,16,17). The highest BCUT2D eigenvalue weighted by Gasteiger charge is 2.09. The van der Waals surface area contributed by atoms with Crippen LogP contribution in [0.5, 0.6) is 0 Å². The Kier molecular flexibility index (Phi) is 5.28. The molecule has 19 heavy (non-hydrogen) atoms. The molecule has 0 saturated carbocycles. The van der Waals surface area contributed by atoms with Crippen LogP contribution < -0.4 is 16.2 Å². The topological polar surface area (TPSA) is 125 Å². The van der Waals surface area contributed by atoms with Crippen molar-refractivity contribution < 1.29 is 17.9 Å². The number of hydrogen-bond donors (Lipinski definition) is 3. The van der Waals surface area contributed by atoms with Gasteiger partial charge in [0.25, 0.3) is 0 Å². The van der Waals surface area contributed by atoms with Gasteiger partial charge >= 0.3 is 6.09 Å². The van der Waals surface area contributed by atoms with E-state index in [0.717, 1.165) is 5.56 Å². The first-order valence-corrected chi connectivity index (χ1v) is 7.13. The van der Waals surface area contributed by atoms with E-state index in [1.54, 1.807) is 12.1 Å². The number of carbonyl (C=O) groups is 1. The van der Waals surface area contributed by atoms with Crippen LogP contribution in [0.4, 0.5) is 4.79 Å². The zero-order valence-electron chi connectivity index (χ0n) is 10.5. The van der Waals surface area contributed by atoms with Gasteiger partial charge in [-0.15, -0.1) is 0 Å². The molecule has 0 heterocycles. The zero-order valence-corrected chi connectivity index (χ0v) is 11.3. The monoisotopic (exact) mass is 287 g/mol. The van der Waals surface area contributed by atoms with E-state index in [2.05, 4.69) is 10.1 Å². The molecule has 7 nitrogen and oxygen atoms in total. The Labute approximate surface area is 112 Å². The van der Waals surface area contributed by atoms with E-state index in [0.29, 0.717) is 6.54 Å². The van der Waals surface area contributed by atoms with Crippen LogP contribution in [0.15, 0.2) is 29.2 Å². The highest BCUT2D eigenvalue weighted by Crippen LogP contribution is 2.15. The number of ether oxygens (including phenoxy) is 1. The molecule has 0 radical (unpaired) electrons. The summed E-state index contributed by atoms with van der Waals surface area (Å²) in [7, 11) is -3.67. The van der Waals surface area contributed by atoms with Gasteiger partial charge in [-0.1, -0.05) is 12.1 Å². The number of sulfonamides is 1. The molecular formula is C11H17N3O4S. The third-order valence-electron chi connectivity index (χ3n) is 2.51. The maximum Gasteiger partial charge on any atom is 0.404 e. The van der Waals surface area contributed by atoms with E-state index in [9.17, 15) is 13.2 Å². The van der Waals surface area contributed by atoms with Crippen LogP contribution in [0.25, 0.3) is 0 Å². The van der Waals surface area contributed by atoms with Gasteiger partial charge in [0.05, 0.1) is 4.90 Å². The Morgan fingerprint density at radius 2 is 1.95 bits per heavy atom. The van der Waals surface area contributed by atoms with Gasteiger partial charge in [-0.05, 0) is 24.6 Å². The molecule has 1 aromatic rings. The van der Waals surface area contributed by atoms with E-state index < -0.39 is 16.1 Å². The Morgan fingerprint density at radius 1 is 1.37 bits per heavy atom. The largest absolute Gasteiger partial charge is 0.448 e. The minimum atomic E-state index is -3.67. The van der Waals surface area contributed by atoms with Crippen LogP contribution in [-0.4, -0.2) is 27.7 Å². The number of rotatable bonds is 6.